The summed E-state index contributed by atoms with van der Waals surface area (Å²) in [5.41, 5.74) is 1.29. The molecule has 0 bridgehead atoms. The van der Waals surface area contributed by atoms with E-state index in [4.69, 9.17) is 25.8 Å². The lowest BCUT2D eigenvalue weighted by Crippen LogP contribution is -2.29. The van der Waals surface area contributed by atoms with E-state index < -0.39 is 17.7 Å². The summed E-state index contributed by atoms with van der Waals surface area (Å²) < 4.78 is 16.2. The van der Waals surface area contributed by atoms with Gasteiger partial charge in [0.05, 0.1) is 24.3 Å². The van der Waals surface area contributed by atoms with E-state index in [1.807, 2.05) is 0 Å². The van der Waals surface area contributed by atoms with Crippen LogP contribution in [0.15, 0.2) is 72.3 Å². The highest BCUT2D eigenvalue weighted by Crippen LogP contribution is 2.45. The summed E-state index contributed by atoms with van der Waals surface area (Å²) in [4.78, 5) is 27.9. The molecule has 2 heterocycles. The Bertz CT molecular complexity index is 1300. The topological polar surface area (TPSA) is 85.3 Å². The zero-order valence-electron chi connectivity index (χ0n) is 17.4. The van der Waals surface area contributed by atoms with Gasteiger partial charge in [-0.1, -0.05) is 35.9 Å². The van der Waals surface area contributed by atoms with Crippen molar-refractivity contribution >= 4 is 34.7 Å². The largest absolute Gasteiger partial charge is 0.507 e. The summed E-state index contributed by atoms with van der Waals surface area (Å²) >= 11 is 6.07. The number of hydrogen-bond acceptors (Lipinski definition) is 6. The highest BCUT2D eigenvalue weighted by atomic mass is 35.5. The van der Waals surface area contributed by atoms with E-state index in [1.54, 1.807) is 66.7 Å². The molecule has 0 saturated carbocycles. The second-order valence-electron chi connectivity index (χ2n) is 7.46. The Morgan fingerprint density at radius 1 is 1.03 bits per heavy atom. The van der Waals surface area contributed by atoms with Gasteiger partial charge in [-0.2, -0.15) is 0 Å². The van der Waals surface area contributed by atoms with Gasteiger partial charge in [-0.05, 0) is 42.0 Å². The van der Waals surface area contributed by atoms with Gasteiger partial charge in [-0.25, -0.2) is 0 Å². The SMILES string of the molecule is COc1ccccc1/C(O)=C1\C(=O)C(=O)N(c2ccc3c(c2)OCO3)C1c1ccc(Cl)cc1. The number of aliphatic hydroxyl groups is 1. The number of anilines is 1. The number of para-hydroxylation sites is 1. The fourth-order valence-electron chi connectivity index (χ4n) is 4.08. The van der Waals surface area contributed by atoms with Gasteiger partial charge in [-0.3, -0.25) is 14.5 Å². The monoisotopic (exact) mass is 463 g/mol. The van der Waals surface area contributed by atoms with Crippen molar-refractivity contribution in [1.82, 2.24) is 0 Å². The number of carbonyl (C=O) groups is 2. The highest BCUT2D eigenvalue weighted by Gasteiger charge is 2.47. The van der Waals surface area contributed by atoms with Gasteiger partial charge < -0.3 is 19.3 Å². The zero-order chi connectivity index (χ0) is 23.1. The second-order valence-corrected chi connectivity index (χ2v) is 7.89. The van der Waals surface area contributed by atoms with Crippen molar-refractivity contribution in [2.24, 2.45) is 0 Å². The molecule has 1 fully saturated rings. The van der Waals surface area contributed by atoms with E-state index in [9.17, 15) is 14.7 Å². The van der Waals surface area contributed by atoms with Gasteiger partial charge >= 0.3 is 0 Å². The summed E-state index contributed by atoms with van der Waals surface area (Å²) in [6.45, 7) is 0.0754. The maximum Gasteiger partial charge on any atom is 0.300 e. The average Bonchev–Trinajstić information content (AvgIpc) is 3.41. The number of hydrogen-bond donors (Lipinski definition) is 1. The molecule has 1 saturated heterocycles. The first-order chi connectivity index (χ1) is 16.0. The number of carbonyl (C=O) groups excluding carboxylic acids is 2. The van der Waals surface area contributed by atoms with Gasteiger partial charge in [0.15, 0.2) is 11.5 Å². The molecule has 0 aliphatic carbocycles. The highest BCUT2D eigenvalue weighted by molar-refractivity contribution is 6.51. The fourth-order valence-corrected chi connectivity index (χ4v) is 4.21. The molecule has 8 heteroatoms. The number of amides is 1. The molecular formula is C25H18ClNO6. The van der Waals surface area contributed by atoms with Gasteiger partial charge in [0, 0.05) is 16.8 Å². The molecular weight excluding hydrogens is 446 g/mol. The Balaban J connectivity index is 1.72. The number of Topliss-reactive ketones (excluding diaryl/α,β-unsaturated/α-hetero) is 1. The van der Waals surface area contributed by atoms with Crippen molar-refractivity contribution in [3.05, 3.63) is 88.5 Å². The van der Waals surface area contributed by atoms with Crippen LogP contribution in [0.3, 0.4) is 0 Å². The Hall–Kier alpha value is -3.97. The van der Waals surface area contributed by atoms with Crippen LogP contribution in [0.4, 0.5) is 5.69 Å². The summed E-state index contributed by atoms with van der Waals surface area (Å²) in [5, 5.41) is 11.8. The second kappa shape index (κ2) is 8.18. The lowest BCUT2D eigenvalue weighted by Gasteiger charge is -2.25. The third kappa shape index (κ3) is 3.47. The van der Waals surface area contributed by atoms with Crippen molar-refractivity contribution in [3.63, 3.8) is 0 Å². The van der Waals surface area contributed by atoms with E-state index >= 15 is 0 Å². The number of halogens is 1. The number of nitrogens with zero attached hydrogens (tertiary/aromatic N) is 1. The molecule has 3 aromatic rings. The van der Waals surface area contributed by atoms with Crippen molar-refractivity contribution in [2.75, 3.05) is 18.8 Å². The molecule has 166 valence electrons. The molecule has 5 rings (SSSR count). The van der Waals surface area contributed by atoms with Crippen LogP contribution in [0.25, 0.3) is 5.76 Å². The van der Waals surface area contributed by atoms with Gasteiger partial charge in [-0.15, -0.1) is 0 Å². The van der Waals surface area contributed by atoms with E-state index in [0.717, 1.165) is 0 Å². The van der Waals surface area contributed by atoms with Crippen LogP contribution in [0, 0.1) is 0 Å². The van der Waals surface area contributed by atoms with Crippen LogP contribution in [0.1, 0.15) is 17.2 Å². The molecule has 7 nitrogen and oxygen atoms in total. The maximum atomic E-state index is 13.3. The molecule has 33 heavy (non-hydrogen) atoms. The van der Waals surface area contributed by atoms with E-state index in [0.29, 0.717) is 39.1 Å². The summed E-state index contributed by atoms with van der Waals surface area (Å²) in [6, 6.07) is 17.6. The number of benzene rings is 3. The van der Waals surface area contributed by atoms with E-state index in [-0.39, 0.29) is 18.1 Å². The molecule has 1 N–H and O–H groups in total. The molecule has 1 unspecified atom stereocenters. The molecule has 1 atom stereocenters. The van der Waals surface area contributed by atoms with Gasteiger partial charge in [0.1, 0.15) is 11.5 Å². The minimum atomic E-state index is -0.896. The number of aliphatic hydroxyl groups excluding tert-OH is 1. The zero-order valence-corrected chi connectivity index (χ0v) is 18.2. The van der Waals surface area contributed by atoms with Crippen LogP contribution >= 0.6 is 11.6 Å². The molecule has 0 spiro atoms. The van der Waals surface area contributed by atoms with Crippen molar-refractivity contribution in [1.29, 1.82) is 0 Å². The van der Waals surface area contributed by atoms with Crippen LogP contribution in [-0.2, 0) is 9.59 Å². The lowest BCUT2D eigenvalue weighted by atomic mass is 9.95. The van der Waals surface area contributed by atoms with Gasteiger partial charge in [0.25, 0.3) is 11.7 Å². The van der Waals surface area contributed by atoms with E-state index in [1.165, 1.54) is 12.0 Å². The maximum absolute atomic E-state index is 13.3. The number of ether oxygens (including phenoxy) is 3. The Morgan fingerprint density at radius 3 is 2.52 bits per heavy atom. The predicted octanol–water partition coefficient (Wildman–Crippen LogP) is 4.70. The quantitative estimate of drug-likeness (QED) is 0.343. The smallest absolute Gasteiger partial charge is 0.300 e. The first-order valence-electron chi connectivity index (χ1n) is 10.1. The Kier molecular flexibility index (Phi) is 5.18. The molecule has 3 aromatic carbocycles. The van der Waals surface area contributed by atoms with Gasteiger partial charge in [0.2, 0.25) is 6.79 Å². The molecule has 1 amide bonds. The Labute approximate surface area is 194 Å². The van der Waals surface area contributed by atoms with Crippen molar-refractivity contribution in [2.45, 2.75) is 6.04 Å². The molecule has 2 aliphatic heterocycles. The van der Waals surface area contributed by atoms with Crippen LogP contribution < -0.4 is 19.1 Å². The normalized spacial score (nSPS) is 18.6. The lowest BCUT2D eigenvalue weighted by molar-refractivity contribution is -0.132. The number of ketones is 1. The number of methoxy groups -OCH3 is 1. The van der Waals surface area contributed by atoms with Crippen LogP contribution in [-0.4, -0.2) is 30.7 Å². The third-order valence-corrected chi connectivity index (χ3v) is 5.88. The predicted molar refractivity (Wildman–Crippen MR) is 122 cm³/mol. The number of fused-ring (bicyclic) bond motifs is 1. The first kappa shape index (κ1) is 20.9. The Morgan fingerprint density at radius 2 is 1.76 bits per heavy atom. The molecule has 0 radical (unpaired) electrons. The third-order valence-electron chi connectivity index (χ3n) is 5.63. The summed E-state index contributed by atoms with van der Waals surface area (Å²) in [7, 11) is 1.47. The van der Waals surface area contributed by atoms with Crippen molar-refractivity contribution < 1.29 is 28.9 Å². The average molecular weight is 464 g/mol. The summed E-state index contributed by atoms with van der Waals surface area (Å²) in [6.07, 6.45) is 0. The number of rotatable bonds is 4. The first-order valence-corrected chi connectivity index (χ1v) is 10.5. The summed E-state index contributed by atoms with van der Waals surface area (Å²) in [5.74, 6) is -0.518. The fraction of sp³-hybridized carbons (Fsp3) is 0.120. The molecule has 2 aliphatic rings. The minimum Gasteiger partial charge on any atom is -0.507 e. The standard InChI is InChI=1S/C25H18ClNO6/c1-31-18-5-3-2-4-17(18)23(28)21-22(14-6-8-15(26)9-7-14)27(25(30)24(21)29)16-10-11-19-20(12-16)33-13-32-19/h2-12,22,28H,13H2,1H3/b23-21+. The molecule has 0 aromatic heterocycles. The van der Waals surface area contributed by atoms with E-state index in [2.05, 4.69) is 0 Å². The van der Waals surface area contributed by atoms with Crippen LogP contribution in [0.5, 0.6) is 17.2 Å². The van der Waals surface area contributed by atoms with Crippen LogP contribution in [0.2, 0.25) is 5.02 Å². The van der Waals surface area contributed by atoms with Crippen molar-refractivity contribution in [3.8, 4) is 17.2 Å². The minimum absolute atomic E-state index is 0.0514.